The molecule has 0 radical (unpaired) electrons. The molecule has 1 aromatic rings. The lowest BCUT2D eigenvalue weighted by Crippen LogP contribution is -2.32. The van der Waals surface area contributed by atoms with Gasteiger partial charge in [-0.25, -0.2) is 9.18 Å². The second-order valence-electron chi connectivity index (χ2n) is 3.38. The maximum atomic E-state index is 12.8. The molecule has 0 bridgehead atoms. The second kappa shape index (κ2) is 3.51. The maximum absolute atomic E-state index is 12.8. The van der Waals surface area contributed by atoms with Crippen molar-refractivity contribution in [1.29, 1.82) is 0 Å². The standard InChI is InChI=1S/C10H9FO4/c11-5-1-2-8-6(3-5)7(12)4-9(15-8)10(13)14/h1-3,7,9,12H,4H2,(H,13,14)/t7-,9+/m1/s1. The Kier molecular flexibility index (Phi) is 2.32. The second-order valence-corrected chi connectivity index (χ2v) is 3.38. The number of ether oxygens (including phenoxy) is 1. The van der Waals surface area contributed by atoms with E-state index in [2.05, 4.69) is 0 Å². The van der Waals surface area contributed by atoms with Crippen molar-refractivity contribution in [2.24, 2.45) is 0 Å². The molecule has 1 aliphatic rings. The van der Waals surface area contributed by atoms with Crippen molar-refractivity contribution in [1.82, 2.24) is 0 Å². The van der Waals surface area contributed by atoms with E-state index >= 15 is 0 Å². The van der Waals surface area contributed by atoms with E-state index in [1.807, 2.05) is 0 Å². The van der Waals surface area contributed by atoms with Gasteiger partial charge in [-0.15, -0.1) is 0 Å². The summed E-state index contributed by atoms with van der Waals surface area (Å²) in [6, 6.07) is 3.64. The molecular formula is C10H9FO4. The van der Waals surface area contributed by atoms with Crippen molar-refractivity contribution < 1.29 is 24.1 Å². The molecule has 2 rings (SSSR count). The van der Waals surface area contributed by atoms with Crippen molar-refractivity contribution in [2.45, 2.75) is 18.6 Å². The lowest BCUT2D eigenvalue weighted by atomic mass is 9.99. The van der Waals surface area contributed by atoms with Crippen LogP contribution in [0.4, 0.5) is 4.39 Å². The Morgan fingerprint density at radius 1 is 1.53 bits per heavy atom. The fraction of sp³-hybridized carbons (Fsp3) is 0.300. The van der Waals surface area contributed by atoms with E-state index in [-0.39, 0.29) is 12.2 Å². The quantitative estimate of drug-likeness (QED) is 0.731. The van der Waals surface area contributed by atoms with Crippen molar-refractivity contribution in [3.05, 3.63) is 29.6 Å². The van der Waals surface area contributed by atoms with Crippen molar-refractivity contribution in [3.63, 3.8) is 0 Å². The first kappa shape index (κ1) is 9.92. The molecule has 0 saturated heterocycles. The summed E-state index contributed by atoms with van der Waals surface area (Å²) < 4.78 is 17.9. The molecule has 4 nitrogen and oxygen atoms in total. The van der Waals surface area contributed by atoms with Gasteiger partial charge in [0.2, 0.25) is 0 Å². The molecule has 0 unspecified atom stereocenters. The number of carboxylic acid groups (broad SMARTS) is 1. The number of hydrogen-bond donors (Lipinski definition) is 2. The molecule has 2 atom stereocenters. The van der Waals surface area contributed by atoms with Gasteiger partial charge in [0.05, 0.1) is 6.10 Å². The third-order valence-corrected chi connectivity index (χ3v) is 2.31. The number of aliphatic carboxylic acids is 1. The monoisotopic (exact) mass is 212 g/mol. The van der Waals surface area contributed by atoms with Gasteiger partial charge >= 0.3 is 5.97 Å². The molecule has 1 aliphatic heterocycles. The number of aliphatic hydroxyl groups is 1. The topological polar surface area (TPSA) is 66.8 Å². The molecule has 0 amide bonds. The minimum absolute atomic E-state index is 0.0637. The summed E-state index contributed by atoms with van der Waals surface area (Å²) in [5, 5.41) is 18.3. The van der Waals surface area contributed by atoms with E-state index in [9.17, 15) is 14.3 Å². The predicted molar refractivity (Wildman–Crippen MR) is 48.0 cm³/mol. The average Bonchev–Trinajstić information content (AvgIpc) is 2.18. The van der Waals surface area contributed by atoms with Crippen LogP contribution in [0.15, 0.2) is 18.2 Å². The summed E-state index contributed by atoms with van der Waals surface area (Å²) in [6.45, 7) is 0. The Bertz CT molecular complexity index is 404. The van der Waals surface area contributed by atoms with E-state index in [1.54, 1.807) is 0 Å². The van der Waals surface area contributed by atoms with Gasteiger partial charge in [0.1, 0.15) is 11.6 Å². The molecule has 0 aliphatic carbocycles. The molecule has 0 saturated carbocycles. The van der Waals surface area contributed by atoms with E-state index < -0.39 is 24.0 Å². The van der Waals surface area contributed by atoms with Gasteiger partial charge in [0, 0.05) is 12.0 Å². The third-order valence-electron chi connectivity index (χ3n) is 2.31. The van der Waals surface area contributed by atoms with Gasteiger partial charge in [-0.3, -0.25) is 0 Å². The fourth-order valence-electron chi connectivity index (χ4n) is 1.57. The highest BCUT2D eigenvalue weighted by Crippen LogP contribution is 2.34. The van der Waals surface area contributed by atoms with Crippen LogP contribution in [-0.2, 0) is 4.79 Å². The average molecular weight is 212 g/mol. The first-order chi connectivity index (χ1) is 7.08. The summed E-state index contributed by atoms with van der Waals surface area (Å²) in [5.41, 5.74) is 0.299. The van der Waals surface area contributed by atoms with Crippen LogP contribution in [0.3, 0.4) is 0 Å². The van der Waals surface area contributed by atoms with Crippen molar-refractivity contribution in [3.8, 4) is 5.75 Å². The van der Waals surface area contributed by atoms with Gasteiger partial charge in [0.25, 0.3) is 0 Å². The molecule has 1 aromatic carbocycles. The Labute approximate surface area is 84.9 Å². The molecule has 15 heavy (non-hydrogen) atoms. The number of rotatable bonds is 1. The van der Waals surface area contributed by atoms with Crippen LogP contribution < -0.4 is 4.74 Å². The predicted octanol–water partition coefficient (Wildman–Crippen LogP) is 1.09. The molecule has 80 valence electrons. The lowest BCUT2D eigenvalue weighted by molar-refractivity contribution is -0.147. The highest BCUT2D eigenvalue weighted by atomic mass is 19.1. The van der Waals surface area contributed by atoms with Crippen LogP contribution in [0.1, 0.15) is 18.1 Å². The van der Waals surface area contributed by atoms with Gasteiger partial charge in [0.15, 0.2) is 6.10 Å². The van der Waals surface area contributed by atoms with Crippen LogP contribution in [-0.4, -0.2) is 22.3 Å². The number of halogens is 1. The first-order valence-electron chi connectivity index (χ1n) is 4.45. The molecule has 0 fully saturated rings. The van der Waals surface area contributed by atoms with Crippen LogP contribution in [0.25, 0.3) is 0 Å². The highest BCUT2D eigenvalue weighted by molar-refractivity contribution is 5.73. The number of hydrogen-bond acceptors (Lipinski definition) is 3. The Morgan fingerprint density at radius 2 is 2.27 bits per heavy atom. The fourth-order valence-corrected chi connectivity index (χ4v) is 1.57. The number of benzene rings is 1. The van der Waals surface area contributed by atoms with Crippen LogP contribution in [0.5, 0.6) is 5.75 Å². The van der Waals surface area contributed by atoms with Crippen LogP contribution >= 0.6 is 0 Å². The Balaban J connectivity index is 2.36. The normalized spacial score (nSPS) is 24.1. The minimum atomic E-state index is -1.14. The first-order valence-corrected chi connectivity index (χ1v) is 4.45. The summed E-state index contributed by atoms with van der Waals surface area (Å²) >= 11 is 0. The maximum Gasteiger partial charge on any atom is 0.345 e. The number of carboxylic acids is 1. The van der Waals surface area contributed by atoms with Gasteiger partial charge in [-0.05, 0) is 18.2 Å². The third kappa shape index (κ3) is 1.78. The number of aliphatic hydroxyl groups excluding tert-OH is 1. The van der Waals surface area contributed by atoms with E-state index in [0.29, 0.717) is 5.56 Å². The summed E-state index contributed by atoms with van der Waals surface area (Å²) in [5.74, 6) is -1.39. The Morgan fingerprint density at radius 3 is 2.93 bits per heavy atom. The molecule has 2 N–H and O–H groups in total. The zero-order valence-corrected chi connectivity index (χ0v) is 7.68. The summed E-state index contributed by atoms with van der Waals surface area (Å²) in [4.78, 5) is 10.7. The lowest BCUT2D eigenvalue weighted by Gasteiger charge is -2.26. The zero-order valence-electron chi connectivity index (χ0n) is 7.68. The largest absolute Gasteiger partial charge is 0.479 e. The molecule has 0 aromatic heterocycles. The van der Waals surface area contributed by atoms with Crippen LogP contribution in [0, 0.1) is 5.82 Å². The molecule has 1 heterocycles. The van der Waals surface area contributed by atoms with E-state index in [4.69, 9.17) is 9.84 Å². The minimum Gasteiger partial charge on any atom is -0.479 e. The summed E-state index contributed by atoms with van der Waals surface area (Å²) in [6.07, 6.45) is -2.13. The van der Waals surface area contributed by atoms with Gasteiger partial charge < -0.3 is 14.9 Å². The smallest absolute Gasteiger partial charge is 0.345 e. The zero-order chi connectivity index (χ0) is 11.0. The van der Waals surface area contributed by atoms with Gasteiger partial charge in [-0.2, -0.15) is 0 Å². The summed E-state index contributed by atoms with van der Waals surface area (Å²) in [7, 11) is 0. The van der Waals surface area contributed by atoms with E-state index in [1.165, 1.54) is 6.07 Å². The SMILES string of the molecule is O=C(O)[C@@H]1C[C@@H](O)c2cc(F)ccc2O1. The van der Waals surface area contributed by atoms with Crippen molar-refractivity contribution >= 4 is 5.97 Å². The highest BCUT2D eigenvalue weighted by Gasteiger charge is 2.31. The van der Waals surface area contributed by atoms with E-state index in [0.717, 1.165) is 12.1 Å². The molecule has 0 spiro atoms. The van der Waals surface area contributed by atoms with Crippen LogP contribution in [0.2, 0.25) is 0 Å². The number of fused-ring (bicyclic) bond motifs is 1. The Hall–Kier alpha value is -1.62. The van der Waals surface area contributed by atoms with Crippen molar-refractivity contribution in [2.75, 3.05) is 0 Å². The molecule has 5 heteroatoms. The number of carbonyl (C=O) groups is 1. The molecular weight excluding hydrogens is 203 g/mol. The van der Waals surface area contributed by atoms with Gasteiger partial charge in [-0.1, -0.05) is 0 Å².